The first kappa shape index (κ1) is 27.0. The number of nitrogens with zero attached hydrogens (tertiary/aromatic N) is 5. The van der Waals surface area contributed by atoms with Gasteiger partial charge in [-0.3, -0.25) is 19.4 Å². The molecule has 0 aromatic carbocycles. The van der Waals surface area contributed by atoms with Crippen LogP contribution in [0.15, 0.2) is 12.4 Å². The van der Waals surface area contributed by atoms with Gasteiger partial charge in [0, 0.05) is 30.6 Å². The largest absolute Gasteiger partial charge is 0.444 e. The third-order valence-electron chi connectivity index (χ3n) is 6.65. The van der Waals surface area contributed by atoms with Gasteiger partial charge in [-0.25, -0.2) is 13.6 Å². The Kier molecular flexibility index (Phi) is 7.31. The maximum absolute atomic E-state index is 13.4. The summed E-state index contributed by atoms with van der Waals surface area (Å²) < 4.78 is 34.8. The number of hydrogen-bond donors (Lipinski definition) is 3. The van der Waals surface area contributed by atoms with Crippen LogP contribution in [0.5, 0.6) is 0 Å². The van der Waals surface area contributed by atoms with Crippen molar-refractivity contribution in [3.8, 4) is 0 Å². The molecule has 2 aliphatic carbocycles. The number of carbonyl (C=O) groups excluding carboxylic acids is 2. The molecule has 0 aliphatic heterocycles. The van der Waals surface area contributed by atoms with E-state index in [1.807, 2.05) is 4.57 Å². The first-order valence-electron chi connectivity index (χ1n) is 12.9. The fraction of sp³-hybridized carbons (Fsp3) is 0.560. The highest BCUT2D eigenvalue weighted by Crippen LogP contribution is 2.42. The van der Waals surface area contributed by atoms with E-state index >= 15 is 0 Å². The van der Waals surface area contributed by atoms with Crippen LogP contribution in [0.3, 0.4) is 0 Å². The Labute approximate surface area is 228 Å². The second kappa shape index (κ2) is 10.5. The van der Waals surface area contributed by atoms with E-state index in [2.05, 4.69) is 31.2 Å². The molecule has 1 fully saturated rings. The summed E-state index contributed by atoms with van der Waals surface area (Å²) in [5.41, 5.74) is 0.318. The standard InChI is InChI=1S/C25H32F2N8O3S/c1-25(2,3)38-24(37)31-22-19(21(36)28-11-13-5-6-13)15-9-14(7-8-17(15)39-22)35-12-29-32-23(35)30-18-10-16(20(26)27)33-34(18)4/h10,12-14,20H,5-9,11H2,1-4H3,(H,28,36)(H,30,32)(H,31,37)/t14-/m0/s1. The van der Waals surface area contributed by atoms with Crippen molar-refractivity contribution in [3.63, 3.8) is 0 Å². The Morgan fingerprint density at radius 2 is 2.03 bits per heavy atom. The van der Waals surface area contributed by atoms with Gasteiger partial charge in [0.1, 0.15) is 28.4 Å². The highest BCUT2D eigenvalue weighted by Gasteiger charge is 2.33. The van der Waals surface area contributed by atoms with Gasteiger partial charge in [0.2, 0.25) is 5.95 Å². The summed E-state index contributed by atoms with van der Waals surface area (Å²) in [4.78, 5) is 27.0. The highest BCUT2D eigenvalue weighted by molar-refractivity contribution is 7.17. The molecule has 0 radical (unpaired) electrons. The Morgan fingerprint density at radius 3 is 2.69 bits per heavy atom. The summed E-state index contributed by atoms with van der Waals surface area (Å²) in [7, 11) is 1.57. The van der Waals surface area contributed by atoms with Crippen molar-refractivity contribution >= 4 is 40.1 Å². The number of halogens is 2. The van der Waals surface area contributed by atoms with Gasteiger partial charge in [0.15, 0.2) is 0 Å². The molecule has 5 rings (SSSR count). The fourth-order valence-corrected chi connectivity index (χ4v) is 5.83. The van der Waals surface area contributed by atoms with Gasteiger partial charge in [0.25, 0.3) is 12.3 Å². The zero-order valence-corrected chi connectivity index (χ0v) is 23.1. The molecule has 0 saturated heterocycles. The zero-order valence-electron chi connectivity index (χ0n) is 22.3. The smallest absolute Gasteiger partial charge is 0.412 e. The molecule has 210 valence electrons. The molecule has 3 aromatic heterocycles. The second-order valence-electron chi connectivity index (χ2n) is 11.0. The van der Waals surface area contributed by atoms with Gasteiger partial charge >= 0.3 is 6.09 Å². The van der Waals surface area contributed by atoms with Crippen LogP contribution in [0.2, 0.25) is 0 Å². The van der Waals surface area contributed by atoms with Crippen LogP contribution in [-0.4, -0.2) is 48.7 Å². The van der Waals surface area contributed by atoms with Crippen molar-refractivity contribution in [1.29, 1.82) is 0 Å². The minimum absolute atomic E-state index is 0.100. The molecule has 0 unspecified atom stereocenters. The number of thiophene rings is 1. The number of anilines is 3. The molecule has 1 atom stereocenters. The predicted octanol–water partition coefficient (Wildman–Crippen LogP) is 4.97. The van der Waals surface area contributed by atoms with E-state index in [0.29, 0.717) is 47.6 Å². The minimum atomic E-state index is -2.69. The lowest BCUT2D eigenvalue weighted by Crippen LogP contribution is -2.30. The molecule has 11 nitrogen and oxygen atoms in total. The number of nitrogens with one attached hydrogen (secondary N) is 3. The average molecular weight is 563 g/mol. The van der Waals surface area contributed by atoms with Crippen LogP contribution >= 0.6 is 11.3 Å². The predicted molar refractivity (Wildman–Crippen MR) is 142 cm³/mol. The molecule has 1 saturated carbocycles. The molecule has 2 amide bonds. The van der Waals surface area contributed by atoms with Crippen molar-refractivity contribution in [2.75, 3.05) is 17.2 Å². The van der Waals surface area contributed by atoms with Crippen LogP contribution in [-0.2, 0) is 24.6 Å². The number of carbonyl (C=O) groups is 2. The van der Waals surface area contributed by atoms with Crippen molar-refractivity contribution < 1.29 is 23.1 Å². The molecule has 0 bridgehead atoms. The Hall–Kier alpha value is -3.55. The maximum Gasteiger partial charge on any atom is 0.412 e. The molecule has 2 aliphatic rings. The lowest BCUT2D eigenvalue weighted by Gasteiger charge is -2.25. The summed E-state index contributed by atoms with van der Waals surface area (Å²) in [6.07, 6.45) is 2.42. The average Bonchev–Trinajstić information content (AvgIpc) is 3.26. The van der Waals surface area contributed by atoms with Gasteiger partial charge in [0.05, 0.1) is 5.56 Å². The van der Waals surface area contributed by atoms with Gasteiger partial charge in [-0.05, 0) is 64.4 Å². The molecular formula is C25H32F2N8O3S. The van der Waals surface area contributed by atoms with Crippen LogP contribution in [0, 0.1) is 5.92 Å². The summed E-state index contributed by atoms with van der Waals surface area (Å²) in [6.45, 7) is 5.95. The SMILES string of the molecule is Cn1nc(C(F)F)cc1Nc1nncn1[C@H]1CCc2sc(NC(=O)OC(C)(C)C)c(C(=O)NCC3CC3)c2C1. The Bertz CT molecular complexity index is 1370. The van der Waals surface area contributed by atoms with Crippen LogP contribution in [0.25, 0.3) is 0 Å². The van der Waals surface area contributed by atoms with Crippen molar-refractivity contribution in [2.24, 2.45) is 13.0 Å². The van der Waals surface area contributed by atoms with E-state index in [-0.39, 0.29) is 17.6 Å². The number of hydrogen-bond acceptors (Lipinski definition) is 8. The van der Waals surface area contributed by atoms with E-state index in [9.17, 15) is 18.4 Å². The summed E-state index contributed by atoms with van der Waals surface area (Å²) >= 11 is 1.40. The van der Waals surface area contributed by atoms with Gasteiger partial charge in [-0.1, -0.05) is 0 Å². The quantitative estimate of drug-likeness (QED) is 0.354. The lowest BCUT2D eigenvalue weighted by molar-refractivity contribution is 0.0636. The third kappa shape index (κ3) is 6.21. The normalized spacial score (nSPS) is 17.2. The topological polar surface area (TPSA) is 128 Å². The summed E-state index contributed by atoms with van der Waals surface area (Å²) in [6, 6.07) is 1.18. The number of alkyl halides is 2. The highest BCUT2D eigenvalue weighted by atomic mass is 32.1. The maximum atomic E-state index is 13.4. The number of ether oxygens (including phenoxy) is 1. The monoisotopic (exact) mass is 562 g/mol. The molecule has 14 heteroatoms. The molecule has 3 aromatic rings. The first-order chi connectivity index (χ1) is 18.5. The van der Waals surface area contributed by atoms with Crippen LogP contribution in [0.4, 0.5) is 30.3 Å². The Balaban J connectivity index is 1.40. The number of fused-ring (bicyclic) bond motifs is 1. The molecular weight excluding hydrogens is 530 g/mol. The first-order valence-corrected chi connectivity index (χ1v) is 13.7. The van der Waals surface area contributed by atoms with E-state index in [1.165, 1.54) is 22.1 Å². The number of amides is 2. The lowest BCUT2D eigenvalue weighted by atomic mass is 9.91. The number of aryl methyl sites for hydroxylation is 2. The summed E-state index contributed by atoms with van der Waals surface area (Å²) in [5.74, 6) is 1.02. The molecule has 39 heavy (non-hydrogen) atoms. The molecule has 3 heterocycles. The van der Waals surface area contributed by atoms with Crippen molar-refractivity contribution in [1.82, 2.24) is 29.9 Å². The third-order valence-corrected chi connectivity index (χ3v) is 7.86. The zero-order chi connectivity index (χ0) is 27.9. The Morgan fingerprint density at radius 1 is 1.26 bits per heavy atom. The number of rotatable bonds is 8. The van der Waals surface area contributed by atoms with Crippen LogP contribution in [0.1, 0.15) is 79.0 Å². The number of aromatic nitrogens is 5. The fourth-order valence-electron chi connectivity index (χ4n) is 4.60. The summed E-state index contributed by atoms with van der Waals surface area (Å²) in [5, 5.41) is 21.4. The van der Waals surface area contributed by atoms with Crippen LogP contribution < -0.4 is 16.0 Å². The van der Waals surface area contributed by atoms with E-state index in [0.717, 1.165) is 29.7 Å². The molecule has 3 N–H and O–H groups in total. The van der Waals surface area contributed by atoms with Gasteiger partial charge < -0.3 is 15.4 Å². The molecule has 0 spiro atoms. The van der Waals surface area contributed by atoms with Gasteiger partial charge in [-0.15, -0.1) is 21.5 Å². The van der Waals surface area contributed by atoms with E-state index in [4.69, 9.17) is 4.74 Å². The van der Waals surface area contributed by atoms with Crippen molar-refractivity contribution in [3.05, 3.63) is 34.1 Å². The van der Waals surface area contributed by atoms with Crippen molar-refractivity contribution in [2.45, 2.75) is 70.9 Å². The second-order valence-corrected chi connectivity index (χ2v) is 12.1. The minimum Gasteiger partial charge on any atom is -0.444 e. The van der Waals surface area contributed by atoms with E-state index < -0.39 is 18.1 Å². The van der Waals surface area contributed by atoms with E-state index in [1.54, 1.807) is 34.1 Å². The van der Waals surface area contributed by atoms with Gasteiger partial charge in [-0.2, -0.15) is 5.10 Å².